The molecule has 1 fully saturated rings. The molecule has 1 aromatic carbocycles. The third kappa shape index (κ3) is 3.71. The van der Waals surface area contributed by atoms with Gasteiger partial charge < -0.3 is 15.3 Å². The lowest BCUT2D eigenvalue weighted by Gasteiger charge is -2.33. The highest BCUT2D eigenvalue weighted by Gasteiger charge is 2.26. The van der Waals surface area contributed by atoms with Crippen LogP contribution in [0.3, 0.4) is 0 Å². The predicted octanol–water partition coefficient (Wildman–Crippen LogP) is 3.15. The number of rotatable bonds is 3. The first-order chi connectivity index (χ1) is 11.5. The zero-order valence-corrected chi connectivity index (χ0v) is 14.3. The number of likely N-dealkylation sites (tertiary alicyclic amines) is 1. The van der Waals surface area contributed by atoms with Crippen molar-refractivity contribution < 1.29 is 9.90 Å². The zero-order valence-electron chi connectivity index (χ0n) is 13.5. The molecule has 2 atom stereocenters. The van der Waals surface area contributed by atoms with E-state index >= 15 is 0 Å². The summed E-state index contributed by atoms with van der Waals surface area (Å²) in [6.45, 7) is 3.05. The minimum Gasteiger partial charge on any atom is -0.393 e. The van der Waals surface area contributed by atoms with Crippen molar-refractivity contribution in [3.63, 3.8) is 0 Å². The summed E-state index contributed by atoms with van der Waals surface area (Å²) in [6.07, 6.45) is 4.78. The Balaban J connectivity index is 1.66. The smallest absolute Gasteiger partial charge is 0.321 e. The molecule has 24 heavy (non-hydrogen) atoms. The molecule has 0 saturated carbocycles. The molecule has 2 unspecified atom stereocenters. The molecule has 2 aromatic rings. The first-order valence-corrected chi connectivity index (χ1v) is 8.46. The van der Waals surface area contributed by atoms with Gasteiger partial charge in [0, 0.05) is 19.0 Å². The fourth-order valence-electron chi connectivity index (χ4n) is 2.95. The van der Waals surface area contributed by atoms with Crippen molar-refractivity contribution in [2.75, 3.05) is 18.4 Å². The summed E-state index contributed by atoms with van der Waals surface area (Å²) in [4.78, 5) is 14.2. The Hall–Kier alpha value is -2.05. The molecule has 2 N–H and O–H groups in total. The Morgan fingerprint density at radius 1 is 1.46 bits per heavy atom. The Morgan fingerprint density at radius 2 is 2.25 bits per heavy atom. The Kier molecular flexibility index (Phi) is 5.06. The summed E-state index contributed by atoms with van der Waals surface area (Å²) >= 11 is 6.16. The van der Waals surface area contributed by atoms with Gasteiger partial charge >= 0.3 is 6.03 Å². The average molecular weight is 349 g/mol. The van der Waals surface area contributed by atoms with E-state index in [0.29, 0.717) is 23.8 Å². The number of carbonyl (C=O) groups excluding carboxylic acids is 1. The fourth-order valence-corrected chi connectivity index (χ4v) is 3.17. The lowest BCUT2D eigenvalue weighted by Crippen LogP contribution is -2.44. The van der Waals surface area contributed by atoms with Gasteiger partial charge in [-0.15, -0.1) is 0 Å². The molecule has 2 heterocycles. The first-order valence-electron chi connectivity index (χ1n) is 8.08. The normalized spacial score (nSPS) is 19.1. The van der Waals surface area contributed by atoms with E-state index in [9.17, 15) is 9.90 Å². The van der Waals surface area contributed by atoms with E-state index in [1.165, 1.54) is 0 Å². The van der Waals surface area contributed by atoms with Crippen LogP contribution in [-0.4, -0.2) is 45.0 Å². The molecule has 128 valence electrons. The van der Waals surface area contributed by atoms with Gasteiger partial charge in [0.1, 0.15) is 0 Å². The van der Waals surface area contributed by atoms with Crippen LogP contribution in [0.1, 0.15) is 19.8 Å². The number of urea groups is 1. The van der Waals surface area contributed by atoms with Gasteiger partial charge in [-0.25, -0.2) is 9.48 Å². The molecule has 6 nitrogen and oxygen atoms in total. The van der Waals surface area contributed by atoms with E-state index in [1.54, 1.807) is 35.0 Å². The van der Waals surface area contributed by atoms with Crippen molar-refractivity contribution in [1.82, 2.24) is 14.7 Å². The average Bonchev–Trinajstić information content (AvgIpc) is 3.03. The summed E-state index contributed by atoms with van der Waals surface area (Å²) < 4.78 is 1.63. The Bertz CT molecular complexity index is 716. The lowest BCUT2D eigenvalue weighted by atomic mass is 9.94. The number of nitrogens with one attached hydrogen (secondary N) is 1. The molecular formula is C17H21ClN4O2. The van der Waals surface area contributed by atoms with Crippen LogP contribution < -0.4 is 5.32 Å². The number of aliphatic hydroxyl groups excluding tert-OH is 1. The van der Waals surface area contributed by atoms with Gasteiger partial charge in [0.05, 0.1) is 34.9 Å². The van der Waals surface area contributed by atoms with Gasteiger partial charge in [0.15, 0.2) is 0 Å². The topological polar surface area (TPSA) is 70.4 Å². The van der Waals surface area contributed by atoms with Gasteiger partial charge in [-0.1, -0.05) is 23.7 Å². The fraction of sp³-hybridized carbons (Fsp3) is 0.412. The van der Waals surface area contributed by atoms with Crippen LogP contribution in [-0.2, 0) is 0 Å². The lowest BCUT2D eigenvalue weighted by molar-refractivity contribution is 0.0766. The number of piperidine rings is 1. The highest BCUT2D eigenvalue weighted by Crippen LogP contribution is 2.22. The number of hydrogen-bond donors (Lipinski definition) is 2. The highest BCUT2D eigenvalue weighted by atomic mass is 35.5. The van der Waals surface area contributed by atoms with E-state index in [2.05, 4.69) is 10.4 Å². The molecule has 0 radical (unpaired) electrons. The summed E-state index contributed by atoms with van der Waals surface area (Å²) in [5.41, 5.74) is 1.37. The summed E-state index contributed by atoms with van der Waals surface area (Å²) in [5.74, 6) is 0.135. The molecule has 1 saturated heterocycles. The maximum absolute atomic E-state index is 12.4. The van der Waals surface area contributed by atoms with E-state index in [0.717, 1.165) is 18.5 Å². The van der Waals surface area contributed by atoms with Crippen molar-refractivity contribution in [3.8, 4) is 5.69 Å². The number of aromatic nitrogens is 2. The Morgan fingerprint density at radius 3 is 3.00 bits per heavy atom. The van der Waals surface area contributed by atoms with Gasteiger partial charge in [-0.05, 0) is 31.9 Å². The molecule has 0 spiro atoms. The van der Waals surface area contributed by atoms with Crippen molar-refractivity contribution >= 4 is 23.3 Å². The van der Waals surface area contributed by atoms with E-state index in [4.69, 9.17) is 11.6 Å². The molecule has 2 amide bonds. The SMILES string of the molecule is CC(O)C1CCCN(C(=O)Nc2cnn(-c3ccccc3Cl)c2)C1. The maximum Gasteiger partial charge on any atom is 0.321 e. The van der Waals surface area contributed by atoms with Crippen molar-refractivity contribution in [2.45, 2.75) is 25.9 Å². The predicted molar refractivity (Wildman–Crippen MR) is 93.6 cm³/mol. The third-order valence-corrected chi connectivity index (χ3v) is 4.68. The van der Waals surface area contributed by atoms with Gasteiger partial charge in [0.25, 0.3) is 0 Å². The monoisotopic (exact) mass is 348 g/mol. The third-order valence-electron chi connectivity index (χ3n) is 4.36. The number of nitrogens with zero attached hydrogens (tertiary/aromatic N) is 3. The highest BCUT2D eigenvalue weighted by molar-refractivity contribution is 6.32. The second-order valence-corrected chi connectivity index (χ2v) is 6.55. The zero-order chi connectivity index (χ0) is 17.1. The van der Waals surface area contributed by atoms with Crippen molar-refractivity contribution in [1.29, 1.82) is 0 Å². The molecular weight excluding hydrogens is 328 g/mol. The minimum absolute atomic E-state index is 0.135. The number of aliphatic hydroxyl groups is 1. The molecule has 1 aliphatic heterocycles. The van der Waals surface area contributed by atoms with E-state index in [-0.39, 0.29) is 11.9 Å². The van der Waals surface area contributed by atoms with Crippen LogP contribution in [0.25, 0.3) is 5.69 Å². The van der Waals surface area contributed by atoms with Gasteiger partial charge in [-0.3, -0.25) is 0 Å². The number of benzene rings is 1. The number of halogens is 1. The van der Waals surface area contributed by atoms with Crippen LogP contribution >= 0.6 is 11.6 Å². The van der Waals surface area contributed by atoms with Crippen LogP contribution in [0.15, 0.2) is 36.7 Å². The summed E-state index contributed by atoms with van der Waals surface area (Å²) in [7, 11) is 0. The van der Waals surface area contributed by atoms with Crippen LogP contribution in [0.2, 0.25) is 5.02 Å². The van der Waals surface area contributed by atoms with Gasteiger partial charge in [-0.2, -0.15) is 5.10 Å². The van der Waals surface area contributed by atoms with Crippen molar-refractivity contribution in [2.24, 2.45) is 5.92 Å². The molecule has 0 bridgehead atoms. The molecule has 7 heteroatoms. The number of anilines is 1. The van der Waals surface area contributed by atoms with Crippen LogP contribution in [0, 0.1) is 5.92 Å². The summed E-state index contributed by atoms with van der Waals surface area (Å²) in [6, 6.07) is 7.22. The number of carbonyl (C=O) groups is 1. The van der Waals surface area contributed by atoms with Gasteiger partial charge in [0.2, 0.25) is 0 Å². The number of amides is 2. The standard InChI is InChI=1S/C17H21ClN4O2/c1-12(23)13-5-4-8-21(10-13)17(24)20-14-9-19-22(11-14)16-7-3-2-6-15(16)18/h2-3,6-7,9,11-13,23H,4-5,8,10H2,1H3,(H,20,24). The summed E-state index contributed by atoms with van der Waals surface area (Å²) in [5, 5.41) is 17.4. The molecule has 0 aliphatic carbocycles. The maximum atomic E-state index is 12.4. The van der Waals surface area contributed by atoms with E-state index in [1.807, 2.05) is 18.2 Å². The van der Waals surface area contributed by atoms with Crippen LogP contribution in [0.5, 0.6) is 0 Å². The first kappa shape index (κ1) is 16.8. The quantitative estimate of drug-likeness (QED) is 0.895. The Labute approximate surface area is 146 Å². The second-order valence-electron chi connectivity index (χ2n) is 6.14. The largest absolute Gasteiger partial charge is 0.393 e. The van der Waals surface area contributed by atoms with Crippen LogP contribution in [0.4, 0.5) is 10.5 Å². The van der Waals surface area contributed by atoms with Crippen molar-refractivity contribution in [3.05, 3.63) is 41.7 Å². The van der Waals surface area contributed by atoms with E-state index < -0.39 is 6.10 Å². The molecule has 1 aliphatic rings. The molecule has 1 aromatic heterocycles. The minimum atomic E-state index is -0.399. The molecule has 3 rings (SSSR count). The number of para-hydroxylation sites is 1. The second kappa shape index (κ2) is 7.23. The number of hydrogen-bond acceptors (Lipinski definition) is 3.